The third-order valence-electron chi connectivity index (χ3n) is 7.14. The first-order valence-electron chi connectivity index (χ1n) is 13.0. The van der Waals surface area contributed by atoms with Crippen LogP contribution in [0.1, 0.15) is 69.3 Å². The fourth-order valence-corrected chi connectivity index (χ4v) is 4.92. The molecule has 0 bridgehead atoms. The van der Waals surface area contributed by atoms with Crippen LogP contribution in [0, 0.1) is 12.8 Å². The van der Waals surface area contributed by atoms with E-state index in [0.717, 1.165) is 31.4 Å². The van der Waals surface area contributed by atoms with Gasteiger partial charge in [0.2, 0.25) is 0 Å². The quantitative estimate of drug-likeness (QED) is 0.454. The molecule has 36 heavy (non-hydrogen) atoms. The first-order chi connectivity index (χ1) is 17.1. The Bertz CT molecular complexity index is 1110. The van der Waals surface area contributed by atoms with Gasteiger partial charge in [-0.2, -0.15) is 0 Å². The van der Waals surface area contributed by atoms with E-state index in [-0.39, 0.29) is 17.6 Å². The van der Waals surface area contributed by atoms with E-state index in [0.29, 0.717) is 5.92 Å². The van der Waals surface area contributed by atoms with Crippen LogP contribution in [0.5, 0.6) is 0 Å². The Morgan fingerprint density at radius 2 is 1.94 bits per heavy atom. The van der Waals surface area contributed by atoms with Crippen molar-refractivity contribution in [1.82, 2.24) is 14.5 Å². The molecule has 0 saturated carbocycles. The van der Waals surface area contributed by atoms with E-state index in [1.165, 1.54) is 27.7 Å². The third kappa shape index (κ3) is 6.61. The van der Waals surface area contributed by atoms with Crippen molar-refractivity contribution in [3.63, 3.8) is 0 Å². The highest BCUT2D eigenvalue weighted by atomic mass is 16.5. The molecule has 4 rings (SSSR count). The van der Waals surface area contributed by atoms with Crippen LogP contribution >= 0.6 is 0 Å². The maximum atomic E-state index is 9.82. The minimum absolute atomic E-state index is 0.275. The fraction of sp³-hybridized carbons (Fsp3) is 0.533. The van der Waals surface area contributed by atoms with Crippen molar-refractivity contribution in [3.8, 4) is 0 Å². The molecule has 6 heteroatoms. The Labute approximate surface area is 217 Å². The molecule has 1 aliphatic heterocycles. The maximum absolute atomic E-state index is 9.82. The van der Waals surface area contributed by atoms with Crippen LogP contribution < -0.4 is 5.73 Å². The Hall–Kier alpha value is -2.54. The number of aromatic nitrogens is 2. The third-order valence-corrected chi connectivity index (χ3v) is 7.14. The molecule has 0 spiro atoms. The lowest BCUT2D eigenvalue weighted by atomic mass is 9.82. The van der Waals surface area contributed by atoms with Crippen LogP contribution in [0.25, 0.3) is 10.9 Å². The second-order valence-electron chi connectivity index (χ2n) is 10.2. The SMILES string of the molecule is CC.CC(C)C(N)C=O.COC(C)(CC1CN(C)Cc2c1n(C)c1ccc(C)cc21)c1cccnc1. The van der Waals surface area contributed by atoms with Crippen molar-refractivity contribution in [2.45, 2.75) is 72.1 Å². The number of pyridine rings is 1. The highest BCUT2D eigenvalue weighted by Crippen LogP contribution is 2.42. The number of aldehydes is 1. The van der Waals surface area contributed by atoms with Gasteiger partial charge < -0.3 is 24.7 Å². The van der Waals surface area contributed by atoms with Crippen molar-refractivity contribution in [3.05, 3.63) is 65.1 Å². The molecule has 3 heterocycles. The number of benzene rings is 1. The normalized spacial score (nSPS) is 17.8. The number of methoxy groups -OCH3 is 1. The van der Waals surface area contributed by atoms with Crippen LogP contribution in [-0.2, 0) is 28.7 Å². The maximum Gasteiger partial charge on any atom is 0.136 e. The summed E-state index contributed by atoms with van der Waals surface area (Å²) in [5.41, 5.74) is 11.6. The zero-order chi connectivity index (χ0) is 27.0. The Kier molecular flexibility index (Phi) is 10.8. The van der Waals surface area contributed by atoms with Gasteiger partial charge in [-0.1, -0.05) is 45.4 Å². The molecule has 0 amide bonds. The number of nitrogens with two attached hydrogens (primary N) is 1. The van der Waals surface area contributed by atoms with E-state index >= 15 is 0 Å². The van der Waals surface area contributed by atoms with Gasteiger partial charge in [0.15, 0.2) is 0 Å². The van der Waals surface area contributed by atoms with Crippen LogP contribution in [0.2, 0.25) is 0 Å². The van der Waals surface area contributed by atoms with Gasteiger partial charge in [0, 0.05) is 67.7 Å². The predicted molar refractivity (Wildman–Crippen MR) is 150 cm³/mol. The molecule has 0 aliphatic carbocycles. The molecule has 2 aromatic heterocycles. The lowest BCUT2D eigenvalue weighted by Crippen LogP contribution is -2.36. The average molecular weight is 495 g/mol. The minimum atomic E-state index is -0.360. The van der Waals surface area contributed by atoms with E-state index in [1.807, 2.05) is 53.3 Å². The number of hydrogen-bond donors (Lipinski definition) is 1. The van der Waals surface area contributed by atoms with Gasteiger partial charge in [-0.3, -0.25) is 4.98 Å². The highest BCUT2D eigenvalue weighted by Gasteiger charge is 2.36. The summed E-state index contributed by atoms with van der Waals surface area (Å²) < 4.78 is 8.45. The number of nitrogens with zero attached hydrogens (tertiary/aromatic N) is 3. The van der Waals surface area contributed by atoms with E-state index in [1.54, 1.807) is 0 Å². The molecule has 1 aliphatic rings. The van der Waals surface area contributed by atoms with E-state index in [9.17, 15) is 4.79 Å². The summed E-state index contributed by atoms with van der Waals surface area (Å²) in [6.07, 6.45) is 5.44. The van der Waals surface area contributed by atoms with E-state index in [4.69, 9.17) is 10.5 Å². The number of hydrogen-bond acceptors (Lipinski definition) is 5. The van der Waals surface area contributed by atoms with Crippen molar-refractivity contribution in [2.24, 2.45) is 18.7 Å². The molecule has 0 saturated heterocycles. The summed E-state index contributed by atoms with van der Waals surface area (Å²) in [4.78, 5) is 16.6. The minimum Gasteiger partial charge on any atom is -0.374 e. The fourth-order valence-electron chi connectivity index (χ4n) is 4.92. The Morgan fingerprint density at radius 1 is 1.25 bits per heavy atom. The van der Waals surface area contributed by atoms with Crippen molar-refractivity contribution < 1.29 is 9.53 Å². The number of aryl methyl sites for hydroxylation is 2. The van der Waals surface area contributed by atoms with Crippen molar-refractivity contribution >= 4 is 17.2 Å². The smallest absolute Gasteiger partial charge is 0.136 e. The lowest BCUT2D eigenvalue weighted by Gasteiger charge is -2.37. The van der Waals surface area contributed by atoms with Gasteiger partial charge in [0.05, 0.1) is 11.6 Å². The topological polar surface area (TPSA) is 73.4 Å². The lowest BCUT2D eigenvalue weighted by molar-refractivity contribution is -0.109. The highest BCUT2D eigenvalue weighted by molar-refractivity contribution is 5.86. The van der Waals surface area contributed by atoms with Crippen LogP contribution in [0.4, 0.5) is 0 Å². The molecule has 1 aromatic carbocycles. The number of fused-ring (bicyclic) bond motifs is 3. The average Bonchev–Trinajstić information content (AvgIpc) is 3.16. The predicted octanol–water partition coefficient (Wildman–Crippen LogP) is 5.56. The second kappa shape index (κ2) is 13.1. The van der Waals surface area contributed by atoms with Crippen molar-refractivity contribution in [1.29, 1.82) is 0 Å². The summed E-state index contributed by atoms with van der Waals surface area (Å²) in [7, 11) is 6.24. The van der Waals surface area contributed by atoms with Gasteiger partial charge >= 0.3 is 0 Å². The number of ether oxygens (including phenoxy) is 1. The largest absolute Gasteiger partial charge is 0.374 e. The summed E-state index contributed by atoms with van der Waals surface area (Å²) in [5, 5.41) is 1.39. The standard InChI is InChI=1S/C23H29N3O.C5H11NO.C2H6/c1-16-8-9-21-19(11-16)20-15-25(3)14-17(22(20)26(21)4)12-23(2,27-5)18-7-6-10-24-13-18;1-4(2)5(6)3-7;1-2/h6-11,13,17H,12,14-15H2,1-5H3;3-5H,6H2,1-2H3;1-2H3. The molecular formula is C30H46N4O2. The van der Waals surface area contributed by atoms with E-state index < -0.39 is 0 Å². The van der Waals surface area contributed by atoms with Crippen molar-refractivity contribution in [2.75, 3.05) is 20.7 Å². The summed E-state index contributed by atoms with van der Waals surface area (Å²) in [6, 6.07) is 10.6. The summed E-state index contributed by atoms with van der Waals surface area (Å²) in [6.45, 7) is 14.2. The van der Waals surface area contributed by atoms with Gasteiger partial charge in [-0.25, -0.2) is 0 Å². The number of likely N-dealkylation sites (N-methyl/N-ethyl adjacent to an activating group) is 1. The second-order valence-corrected chi connectivity index (χ2v) is 10.2. The molecule has 3 atom stereocenters. The summed E-state index contributed by atoms with van der Waals surface area (Å²) in [5.74, 6) is 0.680. The monoisotopic (exact) mass is 494 g/mol. The zero-order valence-corrected chi connectivity index (χ0v) is 23.7. The Morgan fingerprint density at radius 3 is 2.47 bits per heavy atom. The molecule has 198 valence electrons. The molecule has 3 unspecified atom stereocenters. The number of carbonyl (C=O) groups excluding carboxylic acids is 1. The zero-order valence-electron chi connectivity index (χ0n) is 23.7. The first-order valence-corrected chi connectivity index (χ1v) is 13.0. The van der Waals surface area contributed by atoms with Crippen LogP contribution in [0.15, 0.2) is 42.7 Å². The first kappa shape index (κ1) is 29.7. The van der Waals surface area contributed by atoms with Crippen LogP contribution in [-0.4, -0.2) is 47.5 Å². The molecular weight excluding hydrogens is 448 g/mol. The molecule has 0 fully saturated rings. The van der Waals surface area contributed by atoms with Gasteiger partial charge in [-0.15, -0.1) is 0 Å². The summed E-state index contributed by atoms with van der Waals surface area (Å²) >= 11 is 0. The van der Waals surface area contributed by atoms with Crippen LogP contribution in [0.3, 0.4) is 0 Å². The number of rotatable bonds is 6. The van der Waals surface area contributed by atoms with E-state index in [2.05, 4.69) is 66.7 Å². The van der Waals surface area contributed by atoms with Gasteiger partial charge in [0.1, 0.15) is 6.29 Å². The number of carbonyl (C=O) groups is 1. The Balaban J connectivity index is 0.000000440. The molecule has 3 aromatic rings. The van der Waals surface area contributed by atoms with Gasteiger partial charge in [0.25, 0.3) is 0 Å². The molecule has 2 N–H and O–H groups in total. The molecule has 6 nitrogen and oxygen atoms in total. The molecule has 0 radical (unpaired) electrons. The van der Waals surface area contributed by atoms with Gasteiger partial charge in [-0.05, 0) is 57.0 Å².